The molecule has 5 heteroatoms. The molecule has 2 amide bonds. The van der Waals surface area contributed by atoms with E-state index in [1.165, 1.54) is 4.90 Å². The van der Waals surface area contributed by atoms with Crippen LogP contribution in [0.25, 0.3) is 0 Å². The molecule has 3 rings (SSSR count). The van der Waals surface area contributed by atoms with Crippen LogP contribution in [0.4, 0.5) is 0 Å². The Bertz CT molecular complexity index is 809. The van der Waals surface area contributed by atoms with E-state index in [0.29, 0.717) is 18.5 Å². The van der Waals surface area contributed by atoms with E-state index >= 15 is 0 Å². The average molecular weight is 333 g/mol. The monoisotopic (exact) mass is 333 g/mol. The fraction of sp³-hybridized carbons (Fsp3) is 0.250. The third-order valence-electron chi connectivity index (χ3n) is 4.44. The number of carbonyl (C=O) groups is 2. The van der Waals surface area contributed by atoms with E-state index in [2.05, 4.69) is 6.07 Å². The Morgan fingerprint density at radius 3 is 2.36 bits per heavy atom. The maximum Gasteiger partial charge on any atom is 0.245 e. The molecule has 0 spiro atoms. The maximum atomic E-state index is 12.7. The van der Waals surface area contributed by atoms with Crippen LogP contribution in [0.2, 0.25) is 0 Å². The largest absolute Gasteiger partial charge is 0.335 e. The molecule has 2 aromatic carbocycles. The van der Waals surface area contributed by atoms with E-state index in [0.717, 1.165) is 11.1 Å². The van der Waals surface area contributed by atoms with Crippen molar-refractivity contribution in [2.24, 2.45) is 0 Å². The summed E-state index contributed by atoms with van der Waals surface area (Å²) in [6, 6.07) is 18.4. The highest BCUT2D eigenvalue weighted by molar-refractivity contribution is 5.94. The molecule has 0 unspecified atom stereocenters. The SMILES string of the molecule is CN1CC(=O)N(Cc2ccc(C#N)cc2)[C@H](Cc2ccccc2)C1=O. The minimum atomic E-state index is -0.510. The van der Waals surface area contributed by atoms with Crippen molar-refractivity contribution in [3.05, 3.63) is 71.3 Å². The van der Waals surface area contributed by atoms with Crippen LogP contribution in [0, 0.1) is 11.3 Å². The standard InChI is InChI=1S/C20H19N3O2/c1-22-14-19(24)23(13-17-9-7-16(12-21)8-10-17)18(20(22)25)11-15-5-3-2-4-6-15/h2-10,18H,11,13-14H2,1H3/t18-/m1/s1. The van der Waals surface area contributed by atoms with Gasteiger partial charge in [-0.25, -0.2) is 0 Å². The quantitative estimate of drug-likeness (QED) is 0.859. The second-order valence-electron chi connectivity index (χ2n) is 6.23. The summed E-state index contributed by atoms with van der Waals surface area (Å²) in [4.78, 5) is 28.4. The molecule has 5 nitrogen and oxygen atoms in total. The van der Waals surface area contributed by atoms with Crippen molar-refractivity contribution in [1.29, 1.82) is 5.26 Å². The Kier molecular flexibility index (Phi) is 4.80. The van der Waals surface area contributed by atoms with Crippen LogP contribution >= 0.6 is 0 Å². The summed E-state index contributed by atoms with van der Waals surface area (Å²) in [6.45, 7) is 0.460. The highest BCUT2D eigenvalue weighted by atomic mass is 16.2. The third-order valence-corrected chi connectivity index (χ3v) is 4.44. The van der Waals surface area contributed by atoms with Crippen molar-refractivity contribution >= 4 is 11.8 Å². The summed E-state index contributed by atoms with van der Waals surface area (Å²) in [5.74, 6) is -0.107. The predicted octanol–water partition coefficient (Wildman–Crippen LogP) is 1.97. The minimum Gasteiger partial charge on any atom is -0.335 e. The van der Waals surface area contributed by atoms with Gasteiger partial charge in [0, 0.05) is 20.0 Å². The molecular formula is C20H19N3O2. The first-order valence-electron chi connectivity index (χ1n) is 8.16. The number of carbonyl (C=O) groups excluding carboxylic acids is 2. The van der Waals surface area contributed by atoms with Crippen LogP contribution in [0.5, 0.6) is 0 Å². The Morgan fingerprint density at radius 1 is 1.04 bits per heavy atom. The maximum absolute atomic E-state index is 12.7. The van der Waals surface area contributed by atoms with Crippen LogP contribution in [-0.2, 0) is 22.6 Å². The van der Waals surface area contributed by atoms with E-state index < -0.39 is 6.04 Å². The summed E-state index contributed by atoms with van der Waals surface area (Å²) >= 11 is 0. The molecule has 1 aliphatic heterocycles. The average Bonchev–Trinajstić information content (AvgIpc) is 2.64. The molecule has 0 aromatic heterocycles. The minimum absolute atomic E-state index is 0.0444. The van der Waals surface area contributed by atoms with Crippen molar-refractivity contribution in [3.63, 3.8) is 0 Å². The van der Waals surface area contributed by atoms with Crippen LogP contribution in [0.15, 0.2) is 54.6 Å². The molecule has 1 aliphatic rings. The summed E-state index contributed by atoms with van der Waals surface area (Å²) in [7, 11) is 1.66. The van der Waals surface area contributed by atoms with Gasteiger partial charge in [-0.1, -0.05) is 42.5 Å². The Morgan fingerprint density at radius 2 is 1.72 bits per heavy atom. The first-order valence-corrected chi connectivity index (χ1v) is 8.16. The molecule has 1 atom stereocenters. The fourth-order valence-corrected chi connectivity index (χ4v) is 3.05. The third kappa shape index (κ3) is 3.69. The second kappa shape index (κ2) is 7.18. The zero-order valence-corrected chi connectivity index (χ0v) is 14.1. The lowest BCUT2D eigenvalue weighted by atomic mass is 10.00. The lowest BCUT2D eigenvalue weighted by Crippen LogP contribution is -2.59. The molecule has 2 aromatic rings. The molecule has 0 N–H and O–H groups in total. The number of nitrogens with zero attached hydrogens (tertiary/aromatic N) is 3. The summed E-state index contributed by atoms with van der Waals surface area (Å²) in [5, 5.41) is 8.90. The van der Waals surface area contributed by atoms with E-state index in [9.17, 15) is 9.59 Å². The zero-order valence-electron chi connectivity index (χ0n) is 14.1. The number of benzene rings is 2. The first-order chi connectivity index (χ1) is 12.1. The van der Waals surface area contributed by atoms with Crippen molar-refractivity contribution in [2.45, 2.75) is 19.0 Å². The van der Waals surface area contributed by atoms with Gasteiger partial charge in [0.25, 0.3) is 0 Å². The molecule has 0 saturated carbocycles. The Labute approximate surface area is 147 Å². The number of hydrogen-bond acceptors (Lipinski definition) is 3. The highest BCUT2D eigenvalue weighted by Gasteiger charge is 2.37. The van der Waals surface area contributed by atoms with Crippen molar-refractivity contribution in [1.82, 2.24) is 9.80 Å². The molecule has 0 aliphatic carbocycles. The molecule has 25 heavy (non-hydrogen) atoms. The molecule has 0 radical (unpaired) electrons. The van der Waals surface area contributed by atoms with Crippen molar-refractivity contribution in [3.8, 4) is 6.07 Å². The second-order valence-corrected chi connectivity index (χ2v) is 6.23. The van der Waals surface area contributed by atoms with E-state index in [4.69, 9.17) is 5.26 Å². The number of rotatable bonds is 4. The van der Waals surface area contributed by atoms with Crippen LogP contribution in [0.1, 0.15) is 16.7 Å². The summed E-state index contributed by atoms with van der Waals surface area (Å²) in [6.07, 6.45) is 0.492. The Balaban J connectivity index is 1.85. The van der Waals surface area contributed by atoms with Crippen molar-refractivity contribution in [2.75, 3.05) is 13.6 Å². The van der Waals surface area contributed by atoms with Crippen molar-refractivity contribution < 1.29 is 9.59 Å². The van der Waals surface area contributed by atoms with Crippen LogP contribution < -0.4 is 0 Å². The molecule has 1 fully saturated rings. The predicted molar refractivity (Wildman–Crippen MR) is 93.3 cm³/mol. The molecule has 1 saturated heterocycles. The number of hydrogen-bond donors (Lipinski definition) is 0. The number of piperazine rings is 1. The van der Waals surface area contributed by atoms with Gasteiger partial charge in [-0.2, -0.15) is 5.26 Å². The Hall–Kier alpha value is -3.13. The molecule has 0 bridgehead atoms. The van der Waals surface area contributed by atoms with Gasteiger partial charge < -0.3 is 9.80 Å². The van der Waals surface area contributed by atoms with Gasteiger partial charge in [0.2, 0.25) is 11.8 Å². The lowest BCUT2D eigenvalue weighted by Gasteiger charge is -2.39. The van der Waals surface area contributed by atoms with Gasteiger partial charge in [0.05, 0.1) is 18.2 Å². The van der Waals surface area contributed by atoms with Crippen LogP contribution in [-0.4, -0.2) is 41.2 Å². The van der Waals surface area contributed by atoms with Gasteiger partial charge in [-0.05, 0) is 23.3 Å². The first kappa shape index (κ1) is 16.7. The fourth-order valence-electron chi connectivity index (χ4n) is 3.05. The lowest BCUT2D eigenvalue weighted by molar-refractivity contribution is -0.155. The van der Waals surface area contributed by atoms with Gasteiger partial charge in [0.15, 0.2) is 0 Å². The number of amides is 2. The van der Waals surface area contributed by atoms with Gasteiger partial charge in [-0.15, -0.1) is 0 Å². The number of likely N-dealkylation sites (N-methyl/N-ethyl adjacent to an activating group) is 1. The molecule has 1 heterocycles. The smallest absolute Gasteiger partial charge is 0.245 e. The molecule has 126 valence electrons. The van der Waals surface area contributed by atoms with Gasteiger partial charge in [0.1, 0.15) is 6.04 Å². The normalized spacial score (nSPS) is 17.5. The van der Waals surface area contributed by atoms with E-state index in [1.54, 1.807) is 24.1 Å². The highest BCUT2D eigenvalue weighted by Crippen LogP contribution is 2.19. The van der Waals surface area contributed by atoms with E-state index in [-0.39, 0.29) is 18.4 Å². The van der Waals surface area contributed by atoms with Crippen LogP contribution in [0.3, 0.4) is 0 Å². The number of nitriles is 1. The zero-order chi connectivity index (χ0) is 17.8. The molecular weight excluding hydrogens is 314 g/mol. The summed E-state index contributed by atoms with van der Waals surface area (Å²) in [5.41, 5.74) is 2.50. The summed E-state index contributed by atoms with van der Waals surface area (Å²) < 4.78 is 0. The topological polar surface area (TPSA) is 64.4 Å². The van der Waals surface area contributed by atoms with Gasteiger partial charge in [-0.3, -0.25) is 9.59 Å². The van der Waals surface area contributed by atoms with Gasteiger partial charge >= 0.3 is 0 Å². The van der Waals surface area contributed by atoms with E-state index in [1.807, 2.05) is 42.5 Å².